The van der Waals surface area contributed by atoms with Crippen LogP contribution in [0.5, 0.6) is 0 Å². The van der Waals surface area contributed by atoms with E-state index in [1.54, 1.807) is 0 Å². The molecule has 0 radical (unpaired) electrons. The molecule has 2 heterocycles. The lowest BCUT2D eigenvalue weighted by molar-refractivity contribution is -0.135. The van der Waals surface area contributed by atoms with Gasteiger partial charge >= 0.3 is 0 Å². The number of carbonyl (C=O) groups is 2. The summed E-state index contributed by atoms with van der Waals surface area (Å²) in [4.78, 5) is 26.6. The number of likely N-dealkylation sites (tertiary alicyclic amines) is 1. The summed E-state index contributed by atoms with van der Waals surface area (Å²) in [7, 11) is 0. The Morgan fingerprint density at radius 3 is 2.74 bits per heavy atom. The van der Waals surface area contributed by atoms with E-state index in [1.807, 2.05) is 4.90 Å². The minimum atomic E-state index is 0.0602. The van der Waals surface area contributed by atoms with Gasteiger partial charge in [0.25, 0.3) is 0 Å². The average Bonchev–Trinajstić information content (AvgIpc) is 3.04. The Labute approximate surface area is 138 Å². The van der Waals surface area contributed by atoms with Gasteiger partial charge in [-0.3, -0.25) is 9.59 Å². The Morgan fingerprint density at radius 2 is 2.00 bits per heavy atom. The fourth-order valence-electron chi connectivity index (χ4n) is 3.95. The second-order valence-electron chi connectivity index (χ2n) is 7.10. The third-order valence-electron chi connectivity index (χ3n) is 5.25. The fraction of sp³-hybridized carbons (Fsp3) is 0.882. The molecule has 130 valence electrons. The van der Waals surface area contributed by atoms with Crippen LogP contribution < -0.4 is 10.6 Å². The van der Waals surface area contributed by atoms with Crippen LogP contribution in [-0.4, -0.2) is 61.6 Å². The second kappa shape index (κ2) is 8.11. The predicted octanol–water partition coefficient (Wildman–Crippen LogP) is 0.662. The molecule has 3 rings (SSSR count). The molecule has 0 aromatic heterocycles. The van der Waals surface area contributed by atoms with Crippen LogP contribution in [0.3, 0.4) is 0 Å². The van der Waals surface area contributed by atoms with Crippen molar-refractivity contribution < 1.29 is 14.3 Å². The number of amides is 2. The topological polar surface area (TPSA) is 70.7 Å². The first-order valence-corrected chi connectivity index (χ1v) is 9.11. The zero-order chi connectivity index (χ0) is 16.1. The SMILES string of the molecule is O=C(CC1COCCN1)NC1CCN(C(=O)C2CCCCC2)C1. The van der Waals surface area contributed by atoms with Gasteiger partial charge in [0.1, 0.15) is 0 Å². The van der Waals surface area contributed by atoms with E-state index < -0.39 is 0 Å². The maximum Gasteiger partial charge on any atom is 0.225 e. The molecule has 0 bridgehead atoms. The Kier molecular flexibility index (Phi) is 5.89. The summed E-state index contributed by atoms with van der Waals surface area (Å²) in [6, 6.07) is 0.227. The van der Waals surface area contributed by atoms with Gasteiger partial charge in [0.2, 0.25) is 11.8 Å². The van der Waals surface area contributed by atoms with E-state index in [2.05, 4.69) is 10.6 Å². The summed E-state index contributed by atoms with van der Waals surface area (Å²) in [5.74, 6) is 0.593. The number of rotatable bonds is 4. The van der Waals surface area contributed by atoms with Crippen LogP contribution >= 0.6 is 0 Å². The van der Waals surface area contributed by atoms with Crippen LogP contribution in [0.4, 0.5) is 0 Å². The van der Waals surface area contributed by atoms with Crippen molar-refractivity contribution in [3.8, 4) is 0 Å². The molecule has 6 heteroatoms. The van der Waals surface area contributed by atoms with Gasteiger partial charge in [-0.2, -0.15) is 0 Å². The Balaban J connectivity index is 1.40. The van der Waals surface area contributed by atoms with Crippen LogP contribution in [0.25, 0.3) is 0 Å². The lowest BCUT2D eigenvalue weighted by Crippen LogP contribution is -2.46. The lowest BCUT2D eigenvalue weighted by atomic mass is 9.88. The number of carbonyl (C=O) groups excluding carboxylic acids is 2. The Bertz CT molecular complexity index is 417. The molecule has 1 saturated carbocycles. The number of morpholine rings is 1. The largest absolute Gasteiger partial charge is 0.378 e. The summed E-state index contributed by atoms with van der Waals surface area (Å²) < 4.78 is 5.37. The summed E-state index contributed by atoms with van der Waals surface area (Å²) in [5.41, 5.74) is 0. The summed E-state index contributed by atoms with van der Waals surface area (Å²) >= 11 is 0. The van der Waals surface area contributed by atoms with Crippen molar-refractivity contribution in [1.82, 2.24) is 15.5 Å². The number of ether oxygens (including phenoxy) is 1. The smallest absolute Gasteiger partial charge is 0.225 e. The highest BCUT2D eigenvalue weighted by Gasteiger charge is 2.32. The zero-order valence-corrected chi connectivity index (χ0v) is 13.9. The Hall–Kier alpha value is -1.14. The molecule has 6 nitrogen and oxygen atoms in total. The molecule has 0 aromatic carbocycles. The van der Waals surface area contributed by atoms with Gasteiger partial charge in [0.05, 0.1) is 13.2 Å². The lowest BCUT2D eigenvalue weighted by Gasteiger charge is -2.26. The van der Waals surface area contributed by atoms with Crippen LogP contribution in [0, 0.1) is 5.92 Å². The van der Waals surface area contributed by atoms with Gasteiger partial charge in [-0.1, -0.05) is 19.3 Å². The van der Waals surface area contributed by atoms with Crippen molar-refractivity contribution in [3.63, 3.8) is 0 Å². The first-order valence-electron chi connectivity index (χ1n) is 9.11. The van der Waals surface area contributed by atoms with Gasteiger partial charge in [-0.25, -0.2) is 0 Å². The summed E-state index contributed by atoms with van der Waals surface area (Å²) in [6.07, 6.45) is 7.04. The van der Waals surface area contributed by atoms with Crippen LogP contribution in [-0.2, 0) is 14.3 Å². The van der Waals surface area contributed by atoms with Crippen molar-refractivity contribution in [2.75, 3.05) is 32.8 Å². The van der Waals surface area contributed by atoms with Gasteiger partial charge < -0.3 is 20.3 Å². The molecule has 2 unspecified atom stereocenters. The molecular formula is C17H29N3O3. The second-order valence-corrected chi connectivity index (χ2v) is 7.10. The summed E-state index contributed by atoms with van der Waals surface area (Å²) in [6.45, 7) is 3.59. The number of hydrogen-bond acceptors (Lipinski definition) is 4. The van der Waals surface area contributed by atoms with E-state index in [0.717, 1.165) is 39.0 Å². The van der Waals surface area contributed by atoms with Gasteiger partial charge in [-0.05, 0) is 19.3 Å². The molecule has 3 fully saturated rings. The number of hydrogen-bond donors (Lipinski definition) is 2. The van der Waals surface area contributed by atoms with E-state index in [0.29, 0.717) is 25.5 Å². The van der Waals surface area contributed by atoms with Gasteiger partial charge in [-0.15, -0.1) is 0 Å². The van der Waals surface area contributed by atoms with E-state index in [4.69, 9.17) is 4.74 Å². The molecule has 2 amide bonds. The van der Waals surface area contributed by atoms with Crippen LogP contribution in [0.1, 0.15) is 44.9 Å². The molecule has 2 aliphatic heterocycles. The Morgan fingerprint density at radius 1 is 1.17 bits per heavy atom. The highest BCUT2D eigenvalue weighted by atomic mass is 16.5. The monoisotopic (exact) mass is 323 g/mol. The minimum Gasteiger partial charge on any atom is -0.378 e. The van der Waals surface area contributed by atoms with Gasteiger partial charge in [0.15, 0.2) is 0 Å². The van der Waals surface area contributed by atoms with E-state index >= 15 is 0 Å². The van der Waals surface area contributed by atoms with Crippen molar-refractivity contribution in [3.05, 3.63) is 0 Å². The van der Waals surface area contributed by atoms with Crippen LogP contribution in [0.2, 0.25) is 0 Å². The van der Waals surface area contributed by atoms with Gasteiger partial charge in [0, 0.05) is 44.1 Å². The normalized spacial score (nSPS) is 29.5. The fourth-order valence-corrected chi connectivity index (χ4v) is 3.95. The van der Waals surface area contributed by atoms with E-state index in [9.17, 15) is 9.59 Å². The van der Waals surface area contributed by atoms with Crippen LogP contribution in [0.15, 0.2) is 0 Å². The molecule has 2 atom stereocenters. The van der Waals surface area contributed by atoms with Crippen molar-refractivity contribution >= 4 is 11.8 Å². The quantitative estimate of drug-likeness (QED) is 0.797. The predicted molar refractivity (Wildman–Crippen MR) is 86.9 cm³/mol. The number of nitrogens with one attached hydrogen (secondary N) is 2. The zero-order valence-electron chi connectivity index (χ0n) is 13.9. The highest BCUT2D eigenvalue weighted by molar-refractivity contribution is 5.80. The third kappa shape index (κ3) is 4.67. The van der Waals surface area contributed by atoms with E-state index in [-0.39, 0.29) is 23.9 Å². The molecule has 2 saturated heterocycles. The van der Waals surface area contributed by atoms with Crippen molar-refractivity contribution in [1.29, 1.82) is 0 Å². The van der Waals surface area contributed by atoms with E-state index in [1.165, 1.54) is 19.3 Å². The van der Waals surface area contributed by atoms with Crippen molar-refractivity contribution in [2.45, 2.75) is 57.0 Å². The molecule has 3 aliphatic rings. The third-order valence-corrected chi connectivity index (χ3v) is 5.25. The molecule has 0 spiro atoms. The maximum atomic E-state index is 12.5. The first-order chi connectivity index (χ1) is 11.2. The summed E-state index contributed by atoms with van der Waals surface area (Å²) in [5, 5.41) is 6.38. The molecule has 23 heavy (non-hydrogen) atoms. The number of nitrogens with zero attached hydrogens (tertiary/aromatic N) is 1. The molecule has 2 N–H and O–H groups in total. The first kappa shape index (κ1) is 16.7. The maximum absolute atomic E-state index is 12.5. The van der Waals surface area contributed by atoms with Crippen molar-refractivity contribution in [2.24, 2.45) is 5.92 Å². The average molecular weight is 323 g/mol. The molecule has 1 aliphatic carbocycles. The highest BCUT2D eigenvalue weighted by Crippen LogP contribution is 2.26. The minimum absolute atomic E-state index is 0.0602. The molecule has 0 aromatic rings. The standard InChI is InChI=1S/C17H29N3O3/c21-16(10-15-12-23-9-7-18-15)19-14-6-8-20(11-14)17(22)13-4-2-1-3-5-13/h13-15,18H,1-12H2,(H,19,21). The molecular weight excluding hydrogens is 294 g/mol.